The van der Waals surface area contributed by atoms with E-state index >= 15 is 0 Å². The lowest BCUT2D eigenvalue weighted by Crippen LogP contribution is -2.29. The van der Waals surface area contributed by atoms with Gasteiger partial charge in [-0.2, -0.15) is 0 Å². The summed E-state index contributed by atoms with van der Waals surface area (Å²) in [7, 11) is 0. The second-order valence-corrected chi connectivity index (χ2v) is 9.03. The molecule has 0 unspecified atom stereocenters. The Morgan fingerprint density at radius 2 is 1.52 bits per heavy atom. The molecule has 0 aromatic heterocycles. The highest BCUT2D eigenvalue weighted by Gasteiger charge is 2.33. The Bertz CT molecular complexity index is 362. The largest absolute Gasteiger partial charge is 0.465 e. The van der Waals surface area contributed by atoms with Gasteiger partial charge in [-0.05, 0) is 62.2 Å². The van der Waals surface area contributed by atoms with Crippen LogP contribution in [0.2, 0.25) is 0 Å². The van der Waals surface area contributed by atoms with E-state index in [1.807, 2.05) is 0 Å². The molecule has 2 fully saturated rings. The van der Waals surface area contributed by atoms with Gasteiger partial charge in [-0.1, -0.05) is 65.7 Å². The molecule has 2 aliphatic carbocycles. The van der Waals surface area contributed by atoms with Crippen molar-refractivity contribution in [2.45, 2.75) is 104 Å². The molecule has 146 valence electrons. The SMILES string of the molecule is CCCCC[C@H]1CC[C@H]([C@H]2CC[C@H](C(=O)OC[C@@H](C)CC)CC2)CC1. The van der Waals surface area contributed by atoms with Crippen molar-refractivity contribution in [3.05, 3.63) is 0 Å². The molecule has 0 amide bonds. The lowest BCUT2D eigenvalue weighted by molar-refractivity contribution is -0.151. The molecule has 0 radical (unpaired) electrons. The maximum Gasteiger partial charge on any atom is 0.308 e. The van der Waals surface area contributed by atoms with Crippen molar-refractivity contribution >= 4 is 5.97 Å². The van der Waals surface area contributed by atoms with Gasteiger partial charge in [0.15, 0.2) is 0 Å². The van der Waals surface area contributed by atoms with Gasteiger partial charge < -0.3 is 4.74 Å². The summed E-state index contributed by atoms with van der Waals surface area (Å²) in [5.41, 5.74) is 0. The van der Waals surface area contributed by atoms with E-state index in [1.165, 1.54) is 64.2 Å². The van der Waals surface area contributed by atoms with Crippen LogP contribution in [0, 0.1) is 29.6 Å². The smallest absolute Gasteiger partial charge is 0.308 e. The van der Waals surface area contributed by atoms with E-state index in [9.17, 15) is 4.79 Å². The van der Waals surface area contributed by atoms with Gasteiger partial charge in [-0.15, -0.1) is 0 Å². The zero-order valence-electron chi connectivity index (χ0n) is 17.1. The van der Waals surface area contributed by atoms with Gasteiger partial charge in [0, 0.05) is 0 Å². The van der Waals surface area contributed by atoms with Crippen molar-refractivity contribution in [2.24, 2.45) is 29.6 Å². The number of carbonyl (C=O) groups is 1. The quantitative estimate of drug-likeness (QED) is 0.339. The first-order valence-corrected chi connectivity index (χ1v) is 11.3. The zero-order valence-corrected chi connectivity index (χ0v) is 17.1. The highest BCUT2D eigenvalue weighted by molar-refractivity contribution is 5.72. The van der Waals surface area contributed by atoms with E-state index in [2.05, 4.69) is 20.8 Å². The monoisotopic (exact) mass is 350 g/mol. The van der Waals surface area contributed by atoms with Crippen molar-refractivity contribution in [1.82, 2.24) is 0 Å². The Hall–Kier alpha value is -0.530. The molecule has 0 aromatic carbocycles. The van der Waals surface area contributed by atoms with Crippen LogP contribution in [0.25, 0.3) is 0 Å². The van der Waals surface area contributed by atoms with Crippen molar-refractivity contribution in [3.63, 3.8) is 0 Å². The molecule has 0 heterocycles. The molecule has 0 saturated heterocycles. The van der Waals surface area contributed by atoms with Crippen molar-refractivity contribution in [2.75, 3.05) is 6.61 Å². The number of unbranched alkanes of at least 4 members (excludes halogenated alkanes) is 2. The molecular weight excluding hydrogens is 308 g/mol. The summed E-state index contributed by atoms with van der Waals surface area (Å²) >= 11 is 0. The molecule has 25 heavy (non-hydrogen) atoms. The van der Waals surface area contributed by atoms with Gasteiger partial charge in [-0.3, -0.25) is 4.79 Å². The van der Waals surface area contributed by atoms with Crippen LogP contribution in [-0.2, 0) is 9.53 Å². The fourth-order valence-electron chi connectivity index (χ4n) is 4.92. The Morgan fingerprint density at radius 1 is 0.920 bits per heavy atom. The normalized spacial score (nSPS) is 31.5. The summed E-state index contributed by atoms with van der Waals surface area (Å²) < 4.78 is 5.54. The van der Waals surface area contributed by atoms with Gasteiger partial charge in [0.2, 0.25) is 0 Å². The minimum Gasteiger partial charge on any atom is -0.465 e. The van der Waals surface area contributed by atoms with Crippen molar-refractivity contribution in [1.29, 1.82) is 0 Å². The molecule has 2 aliphatic rings. The van der Waals surface area contributed by atoms with Crippen LogP contribution < -0.4 is 0 Å². The average molecular weight is 351 g/mol. The van der Waals surface area contributed by atoms with Crippen LogP contribution in [0.5, 0.6) is 0 Å². The average Bonchev–Trinajstić information content (AvgIpc) is 2.66. The number of carbonyl (C=O) groups excluding carboxylic acids is 1. The van der Waals surface area contributed by atoms with Gasteiger partial charge in [-0.25, -0.2) is 0 Å². The first kappa shape index (κ1) is 20.8. The predicted molar refractivity (Wildman–Crippen MR) is 105 cm³/mol. The molecular formula is C23H42O2. The van der Waals surface area contributed by atoms with Gasteiger partial charge in [0.1, 0.15) is 0 Å². The van der Waals surface area contributed by atoms with E-state index in [0.29, 0.717) is 12.5 Å². The lowest BCUT2D eigenvalue weighted by atomic mass is 9.68. The summed E-state index contributed by atoms with van der Waals surface area (Å²) in [5.74, 6) is 3.60. The van der Waals surface area contributed by atoms with Crippen molar-refractivity contribution in [3.8, 4) is 0 Å². The minimum absolute atomic E-state index is 0.0818. The lowest BCUT2D eigenvalue weighted by Gasteiger charge is -2.37. The second-order valence-electron chi connectivity index (χ2n) is 9.03. The highest BCUT2D eigenvalue weighted by atomic mass is 16.5. The van der Waals surface area contributed by atoms with E-state index in [0.717, 1.165) is 37.0 Å². The summed E-state index contributed by atoms with van der Waals surface area (Å²) in [4.78, 5) is 12.2. The molecule has 0 N–H and O–H groups in total. The third-order valence-electron chi connectivity index (χ3n) is 7.09. The highest BCUT2D eigenvalue weighted by Crippen LogP contribution is 2.42. The Labute approximate surface area is 156 Å². The predicted octanol–water partition coefficient (Wildman–Crippen LogP) is 6.77. The molecule has 2 nitrogen and oxygen atoms in total. The first-order chi connectivity index (χ1) is 12.1. The zero-order chi connectivity index (χ0) is 18.1. The fourth-order valence-corrected chi connectivity index (χ4v) is 4.92. The van der Waals surface area contributed by atoms with Crippen LogP contribution in [0.15, 0.2) is 0 Å². The molecule has 0 aliphatic heterocycles. The third kappa shape index (κ3) is 6.94. The van der Waals surface area contributed by atoms with Gasteiger partial charge in [0.25, 0.3) is 0 Å². The summed E-state index contributed by atoms with van der Waals surface area (Å²) in [5, 5.41) is 0. The molecule has 2 saturated carbocycles. The number of hydrogen-bond acceptors (Lipinski definition) is 2. The van der Waals surface area contributed by atoms with E-state index < -0.39 is 0 Å². The van der Waals surface area contributed by atoms with Crippen LogP contribution in [0.4, 0.5) is 0 Å². The van der Waals surface area contributed by atoms with E-state index in [4.69, 9.17) is 4.74 Å². The Morgan fingerprint density at radius 3 is 2.08 bits per heavy atom. The van der Waals surface area contributed by atoms with Crippen LogP contribution in [0.1, 0.15) is 104 Å². The van der Waals surface area contributed by atoms with Crippen LogP contribution >= 0.6 is 0 Å². The summed E-state index contributed by atoms with van der Waals surface area (Å²) in [6.45, 7) is 7.22. The van der Waals surface area contributed by atoms with Gasteiger partial charge in [0.05, 0.1) is 12.5 Å². The summed E-state index contributed by atoms with van der Waals surface area (Å²) in [6, 6.07) is 0. The molecule has 0 aromatic rings. The van der Waals surface area contributed by atoms with Crippen LogP contribution in [0.3, 0.4) is 0 Å². The second kappa shape index (κ2) is 11.2. The maximum absolute atomic E-state index is 12.2. The Balaban J connectivity index is 1.63. The minimum atomic E-state index is 0.0818. The number of rotatable bonds is 9. The molecule has 1 atom stereocenters. The van der Waals surface area contributed by atoms with E-state index in [1.54, 1.807) is 0 Å². The Kier molecular flexibility index (Phi) is 9.34. The standard InChI is InChI=1S/C23H42O2/c1-4-6-7-8-19-9-11-20(12-10-19)21-13-15-22(16-14-21)23(24)25-17-18(3)5-2/h18-22H,4-17H2,1-3H3/t18-,19-,20-,21-,22-/m0/s1. The van der Waals surface area contributed by atoms with Crippen molar-refractivity contribution < 1.29 is 9.53 Å². The number of ether oxygens (including phenoxy) is 1. The molecule has 2 heteroatoms. The number of hydrogen-bond donors (Lipinski definition) is 0. The molecule has 2 rings (SSSR count). The third-order valence-corrected chi connectivity index (χ3v) is 7.09. The summed E-state index contributed by atoms with van der Waals surface area (Å²) in [6.07, 6.45) is 17.2. The molecule has 0 spiro atoms. The number of esters is 1. The van der Waals surface area contributed by atoms with E-state index in [-0.39, 0.29) is 11.9 Å². The first-order valence-electron chi connectivity index (χ1n) is 11.3. The fraction of sp³-hybridized carbons (Fsp3) is 0.957. The molecule has 0 bridgehead atoms. The maximum atomic E-state index is 12.2. The van der Waals surface area contributed by atoms with Gasteiger partial charge >= 0.3 is 5.97 Å². The van der Waals surface area contributed by atoms with Crippen LogP contribution in [-0.4, -0.2) is 12.6 Å². The topological polar surface area (TPSA) is 26.3 Å².